The molecule has 2 aromatic rings. The molecule has 2 aliphatic heterocycles. The van der Waals surface area contributed by atoms with Crippen molar-refractivity contribution in [1.29, 1.82) is 0 Å². The lowest BCUT2D eigenvalue weighted by Gasteiger charge is -2.35. The van der Waals surface area contributed by atoms with Crippen molar-refractivity contribution in [1.82, 2.24) is 10.3 Å². The SMILES string of the molecule is CN(C)C1CCN(c2cc(N3CCC(c4ccc(C(F)(F)F)cc4)CC3)c(F)cc2C=NNC(N)=S)C1. The molecule has 2 heterocycles. The molecular weight excluding hydrogens is 504 g/mol. The highest BCUT2D eigenvalue weighted by molar-refractivity contribution is 7.80. The fraction of sp³-hybridized carbons (Fsp3) is 0.462. The van der Waals surface area contributed by atoms with E-state index in [9.17, 15) is 13.2 Å². The Morgan fingerprint density at radius 2 is 1.70 bits per heavy atom. The van der Waals surface area contributed by atoms with Crippen LogP contribution in [0.2, 0.25) is 0 Å². The van der Waals surface area contributed by atoms with E-state index in [1.165, 1.54) is 12.3 Å². The quantitative estimate of drug-likeness (QED) is 0.245. The Hall–Kier alpha value is -2.92. The standard InChI is InChI=1S/C26H32F4N6S/c1-34(2)21-9-12-36(16-21)23-14-24(22(27)13-19(23)15-32-33-25(31)37)35-10-7-18(8-11-35)17-3-5-20(6-4-17)26(28,29)30/h3-6,13-15,18,21H,7-12,16H2,1-2H3,(H3,31,33,37). The number of nitrogens with two attached hydrogens (primary N) is 1. The number of piperidine rings is 1. The molecular formula is C26H32F4N6S. The van der Waals surface area contributed by atoms with Gasteiger partial charge in [0.2, 0.25) is 0 Å². The van der Waals surface area contributed by atoms with Crippen molar-refractivity contribution in [2.75, 3.05) is 50.1 Å². The molecule has 1 unspecified atom stereocenters. The Balaban J connectivity index is 1.53. The molecule has 0 spiro atoms. The van der Waals surface area contributed by atoms with E-state index < -0.39 is 11.7 Å². The minimum atomic E-state index is -4.35. The van der Waals surface area contributed by atoms with Gasteiger partial charge in [-0.15, -0.1) is 0 Å². The molecule has 6 nitrogen and oxygen atoms in total. The predicted octanol–water partition coefficient (Wildman–Crippen LogP) is 4.54. The predicted molar refractivity (Wildman–Crippen MR) is 144 cm³/mol. The lowest BCUT2D eigenvalue weighted by molar-refractivity contribution is -0.137. The van der Waals surface area contributed by atoms with Crippen molar-refractivity contribution >= 4 is 34.9 Å². The Labute approximate surface area is 220 Å². The van der Waals surface area contributed by atoms with Crippen molar-refractivity contribution in [3.8, 4) is 0 Å². The Morgan fingerprint density at radius 3 is 2.27 bits per heavy atom. The maximum absolute atomic E-state index is 15.4. The molecule has 0 aromatic heterocycles. The number of likely N-dealkylation sites (N-methyl/N-ethyl adjacent to an activating group) is 1. The van der Waals surface area contributed by atoms with Crippen molar-refractivity contribution in [3.05, 3.63) is 58.9 Å². The number of thiocarbonyl (C=S) groups is 1. The first kappa shape index (κ1) is 27.1. The molecule has 0 radical (unpaired) electrons. The van der Waals surface area contributed by atoms with Crippen molar-refractivity contribution in [3.63, 3.8) is 0 Å². The van der Waals surface area contributed by atoms with Gasteiger partial charge in [0.05, 0.1) is 17.5 Å². The second-order valence-corrected chi connectivity index (χ2v) is 10.3. The van der Waals surface area contributed by atoms with Crippen LogP contribution >= 0.6 is 12.2 Å². The summed E-state index contributed by atoms with van der Waals surface area (Å²) < 4.78 is 54.1. The topological polar surface area (TPSA) is 60.1 Å². The number of hydrogen-bond donors (Lipinski definition) is 2. The van der Waals surface area contributed by atoms with Gasteiger partial charge in [-0.25, -0.2) is 4.39 Å². The van der Waals surface area contributed by atoms with Crippen LogP contribution in [0.4, 0.5) is 28.9 Å². The van der Waals surface area contributed by atoms with E-state index in [-0.39, 0.29) is 16.8 Å². The lowest BCUT2D eigenvalue weighted by atomic mass is 9.88. The number of nitrogens with zero attached hydrogens (tertiary/aromatic N) is 4. The molecule has 2 aliphatic rings. The van der Waals surface area contributed by atoms with E-state index in [4.69, 9.17) is 18.0 Å². The number of rotatable bonds is 6. The summed E-state index contributed by atoms with van der Waals surface area (Å²) in [6.07, 6.45) is -0.357. The number of nitrogens with one attached hydrogen (secondary N) is 1. The van der Waals surface area contributed by atoms with Gasteiger partial charge in [-0.2, -0.15) is 18.3 Å². The van der Waals surface area contributed by atoms with Crippen LogP contribution in [-0.2, 0) is 6.18 Å². The molecule has 0 bridgehead atoms. The second-order valence-electron chi connectivity index (χ2n) is 9.83. The van der Waals surface area contributed by atoms with Crippen molar-refractivity contribution < 1.29 is 17.6 Å². The molecule has 11 heteroatoms. The molecule has 37 heavy (non-hydrogen) atoms. The molecule has 0 amide bonds. The lowest BCUT2D eigenvalue weighted by Crippen LogP contribution is -2.34. The summed E-state index contributed by atoms with van der Waals surface area (Å²) >= 11 is 4.80. The van der Waals surface area contributed by atoms with Gasteiger partial charge in [-0.3, -0.25) is 5.43 Å². The summed E-state index contributed by atoms with van der Waals surface area (Å²) in [5.41, 5.74) is 10.3. The smallest absolute Gasteiger partial charge is 0.375 e. The minimum Gasteiger partial charge on any atom is -0.375 e. The zero-order valence-electron chi connectivity index (χ0n) is 20.9. The first-order valence-corrected chi connectivity index (χ1v) is 12.7. The average molecular weight is 537 g/mol. The van der Waals surface area contributed by atoms with Gasteiger partial charge in [-0.1, -0.05) is 12.1 Å². The average Bonchev–Trinajstić information content (AvgIpc) is 3.34. The number of anilines is 2. The van der Waals surface area contributed by atoms with Gasteiger partial charge in [-0.05, 0) is 81.3 Å². The number of hydrazone groups is 1. The fourth-order valence-corrected chi connectivity index (χ4v) is 5.18. The van der Waals surface area contributed by atoms with Crippen molar-refractivity contribution in [2.45, 2.75) is 37.4 Å². The molecule has 2 fully saturated rings. The Bertz CT molecular complexity index is 1130. The van der Waals surface area contributed by atoms with Crippen LogP contribution in [0.1, 0.15) is 41.9 Å². The summed E-state index contributed by atoms with van der Waals surface area (Å²) in [5.74, 6) is -0.213. The summed E-state index contributed by atoms with van der Waals surface area (Å²) in [4.78, 5) is 6.45. The largest absolute Gasteiger partial charge is 0.416 e. The van der Waals surface area contributed by atoms with Gasteiger partial charge in [0, 0.05) is 43.5 Å². The van der Waals surface area contributed by atoms with Crippen LogP contribution in [0.25, 0.3) is 0 Å². The van der Waals surface area contributed by atoms with Gasteiger partial charge >= 0.3 is 6.18 Å². The van der Waals surface area contributed by atoms with Gasteiger partial charge < -0.3 is 20.4 Å². The van der Waals surface area contributed by atoms with E-state index >= 15 is 4.39 Å². The van der Waals surface area contributed by atoms with E-state index in [0.29, 0.717) is 30.4 Å². The number of halogens is 4. The van der Waals surface area contributed by atoms with Crippen LogP contribution in [0.5, 0.6) is 0 Å². The summed E-state index contributed by atoms with van der Waals surface area (Å²) in [6, 6.07) is 9.16. The molecule has 2 saturated heterocycles. The highest BCUT2D eigenvalue weighted by Gasteiger charge is 2.31. The van der Waals surface area contributed by atoms with E-state index in [1.807, 2.05) is 11.0 Å². The van der Waals surface area contributed by atoms with Gasteiger partial charge in [0.1, 0.15) is 5.82 Å². The fourth-order valence-electron chi connectivity index (χ4n) is 5.13. The normalized spacial score (nSPS) is 19.3. The first-order valence-electron chi connectivity index (χ1n) is 12.3. The van der Waals surface area contributed by atoms with E-state index in [0.717, 1.165) is 55.7 Å². The molecule has 2 aromatic carbocycles. The highest BCUT2D eigenvalue weighted by atomic mass is 32.1. The summed E-state index contributed by atoms with van der Waals surface area (Å²) in [5, 5.41) is 4.07. The van der Waals surface area contributed by atoms with Crippen LogP contribution in [0.3, 0.4) is 0 Å². The zero-order chi connectivity index (χ0) is 26.7. The third-order valence-corrected chi connectivity index (χ3v) is 7.35. The second kappa shape index (κ2) is 11.2. The van der Waals surface area contributed by atoms with E-state index in [1.54, 1.807) is 12.1 Å². The van der Waals surface area contributed by atoms with Gasteiger partial charge in [0.25, 0.3) is 0 Å². The van der Waals surface area contributed by atoms with Crippen LogP contribution in [0, 0.1) is 5.82 Å². The Morgan fingerprint density at radius 1 is 1.05 bits per heavy atom. The van der Waals surface area contributed by atoms with Crippen LogP contribution in [0.15, 0.2) is 41.5 Å². The number of benzene rings is 2. The maximum Gasteiger partial charge on any atom is 0.416 e. The summed E-state index contributed by atoms with van der Waals surface area (Å²) in [7, 11) is 4.11. The number of hydrogen-bond acceptors (Lipinski definition) is 5. The maximum atomic E-state index is 15.4. The molecule has 200 valence electrons. The third-order valence-electron chi connectivity index (χ3n) is 7.25. The van der Waals surface area contributed by atoms with Crippen LogP contribution < -0.4 is 21.0 Å². The van der Waals surface area contributed by atoms with E-state index in [2.05, 4.69) is 34.4 Å². The monoisotopic (exact) mass is 536 g/mol. The number of alkyl halides is 3. The van der Waals surface area contributed by atoms with Crippen molar-refractivity contribution in [2.24, 2.45) is 10.8 Å². The third kappa shape index (κ3) is 6.51. The zero-order valence-corrected chi connectivity index (χ0v) is 21.7. The molecule has 4 rings (SSSR count). The first-order chi connectivity index (χ1) is 17.5. The van der Waals surface area contributed by atoms with Gasteiger partial charge in [0.15, 0.2) is 5.11 Å². The van der Waals surface area contributed by atoms with Crippen LogP contribution in [-0.4, -0.2) is 62.5 Å². The Kier molecular flexibility index (Phi) is 8.23. The molecule has 0 saturated carbocycles. The molecule has 1 atom stereocenters. The highest BCUT2D eigenvalue weighted by Crippen LogP contribution is 2.37. The minimum absolute atomic E-state index is 0.0275. The molecule has 0 aliphatic carbocycles. The summed E-state index contributed by atoms with van der Waals surface area (Å²) in [6.45, 7) is 2.88. The molecule has 3 N–H and O–H groups in total.